The number of aliphatic hydroxyl groups is 1. The Morgan fingerprint density at radius 2 is 2.00 bits per heavy atom. The fourth-order valence-corrected chi connectivity index (χ4v) is 2.85. The summed E-state index contributed by atoms with van der Waals surface area (Å²) in [6.45, 7) is 0.333. The van der Waals surface area contributed by atoms with Gasteiger partial charge in [-0.25, -0.2) is 0 Å². The van der Waals surface area contributed by atoms with E-state index >= 15 is 0 Å². The quantitative estimate of drug-likeness (QED) is 0.796. The fourth-order valence-electron chi connectivity index (χ4n) is 2.48. The molecule has 1 aliphatic rings. The van der Waals surface area contributed by atoms with Crippen LogP contribution in [-0.4, -0.2) is 28.3 Å². The molecule has 0 amide bonds. The van der Waals surface area contributed by atoms with E-state index in [0.717, 1.165) is 0 Å². The smallest absolute Gasteiger partial charge is 0.306 e. The summed E-state index contributed by atoms with van der Waals surface area (Å²) < 4.78 is 0. The van der Waals surface area contributed by atoms with E-state index < -0.39 is 11.6 Å². The predicted molar refractivity (Wildman–Crippen MR) is 79.5 cm³/mol. The van der Waals surface area contributed by atoms with Gasteiger partial charge in [-0.2, -0.15) is 0 Å². The molecule has 1 aromatic carbocycles. The minimum atomic E-state index is -0.891. The average Bonchev–Trinajstić information content (AvgIpc) is 2.41. The summed E-state index contributed by atoms with van der Waals surface area (Å²) >= 11 is 12.0. The van der Waals surface area contributed by atoms with Crippen molar-refractivity contribution in [1.29, 1.82) is 0 Å². The van der Waals surface area contributed by atoms with Crippen molar-refractivity contribution in [3.8, 4) is 0 Å². The van der Waals surface area contributed by atoms with Crippen LogP contribution in [0.15, 0.2) is 18.2 Å². The summed E-state index contributed by atoms with van der Waals surface area (Å²) in [4.78, 5) is 10.9. The summed E-state index contributed by atoms with van der Waals surface area (Å²) in [7, 11) is 0. The highest BCUT2D eigenvalue weighted by atomic mass is 35.5. The zero-order chi connectivity index (χ0) is 14.8. The molecule has 0 atom stereocenters. The van der Waals surface area contributed by atoms with Gasteiger partial charge in [0.1, 0.15) is 0 Å². The Hall–Kier alpha value is -0.970. The predicted octanol–water partition coefficient (Wildman–Crippen LogP) is 3.41. The Morgan fingerprint density at radius 3 is 2.60 bits per heavy atom. The normalized spacial score (nSPS) is 26.2. The maximum absolute atomic E-state index is 10.9. The first-order valence-electron chi connectivity index (χ1n) is 6.54. The summed E-state index contributed by atoms with van der Waals surface area (Å²) in [6, 6.07) is 5.27. The molecule has 6 heteroatoms. The first-order chi connectivity index (χ1) is 9.41. The number of carboxylic acids is 1. The number of carboxylic acid groups (broad SMARTS) is 1. The Kier molecular flexibility index (Phi) is 4.78. The maximum atomic E-state index is 10.9. The molecule has 0 saturated heterocycles. The number of carbonyl (C=O) groups is 1. The second-order valence-corrected chi connectivity index (χ2v) is 6.08. The number of hydrogen-bond donors (Lipinski definition) is 3. The highest BCUT2D eigenvalue weighted by Gasteiger charge is 2.35. The second-order valence-electron chi connectivity index (χ2n) is 5.29. The largest absolute Gasteiger partial charge is 0.481 e. The molecule has 110 valence electrons. The first-order valence-corrected chi connectivity index (χ1v) is 7.30. The summed E-state index contributed by atoms with van der Waals surface area (Å²) in [6.07, 6.45) is 1.93. The highest BCUT2D eigenvalue weighted by molar-refractivity contribution is 6.43. The van der Waals surface area contributed by atoms with Crippen LogP contribution in [0.3, 0.4) is 0 Å². The molecule has 0 aliphatic heterocycles. The number of benzene rings is 1. The molecule has 20 heavy (non-hydrogen) atoms. The Morgan fingerprint density at radius 1 is 1.35 bits per heavy atom. The van der Waals surface area contributed by atoms with Crippen molar-refractivity contribution in [3.63, 3.8) is 0 Å². The minimum absolute atomic E-state index is 0.333. The van der Waals surface area contributed by atoms with Gasteiger partial charge in [-0.05, 0) is 37.8 Å². The molecule has 1 aromatic rings. The van der Waals surface area contributed by atoms with Gasteiger partial charge >= 0.3 is 5.97 Å². The van der Waals surface area contributed by atoms with Crippen LogP contribution in [0.5, 0.6) is 0 Å². The van der Waals surface area contributed by atoms with Crippen LogP contribution in [0.25, 0.3) is 0 Å². The SMILES string of the molecule is O=C(O)C1CCC(O)(CNc2cccc(Cl)c2Cl)CC1. The first kappa shape index (κ1) is 15.4. The van der Waals surface area contributed by atoms with Crippen molar-refractivity contribution in [3.05, 3.63) is 28.2 Å². The number of rotatable bonds is 4. The molecule has 1 fully saturated rings. The third-order valence-corrected chi connectivity index (χ3v) is 4.64. The van der Waals surface area contributed by atoms with E-state index in [0.29, 0.717) is 48.0 Å². The molecule has 2 rings (SSSR count). The average molecular weight is 318 g/mol. The lowest BCUT2D eigenvalue weighted by Gasteiger charge is -2.35. The Balaban J connectivity index is 1.94. The van der Waals surface area contributed by atoms with Gasteiger partial charge in [-0.3, -0.25) is 4.79 Å². The van der Waals surface area contributed by atoms with Gasteiger partial charge in [-0.1, -0.05) is 29.3 Å². The van der Waals surface area contributed by atoms with Gasteiger partial charge in [0, 0.05) is 6.54 Å². The molecule has 3 N–H and O–H groups in total. The summed E-state index contributed by atoms with van der Waals surface area (Å²) in [5, 5.41) is 23.4. The molecular weight excluding hydrogens is 301 g/mol. The standard InChI is InChI=1S/C14H17Cl2NO3/c15-10-2-1-3-11(12(10)16)17-8-14(20)6-4-9(5-7-14)13(18)19/h1-3,9,17,20H,4-8H2,(H,18,19). The fraction of sp³-hybridized carbons (Fsp3) is 0.500. The molecule has 0 spiro atoms. The lowest BCUT2D eigenvalue weighted by Crippen LogP contribution is -2.41. The number of anilines is 1. The zero-order valence-corrected chi connectivity index (χ0v) is 12.4. The minimum Gasteiger partial charge on any atom is -0.481 e. The molecule has 0 heterocycles. The second kappa shape index (κ2) is 6.20. The van der Waals surface area contributed by atoms with Gasteiger partial charge in [0.15, 0.2) is 0 Å². The zero-order valence-electron chi connectivity index (χ0n) is 10.9. The maximum Gasteiger partial charge on any atom is 0.306 e. The lowest BCUT2D eigenvalue weighted by molar-refractivity contribution is -0.144. The van der Waals surface area contributed by atoms with E-state index in [1.807, 2.05) is 0 Å². The van der Waals surface area contributed by atoms with Crippen molar-refractivity contribution in [1.82, 2.24) is 0 Å². The van der Waals surface area contributed by atoms with Crippen molar-refractivity contribution in [2.24, 2.45) is 5.92 Å². The third-order valence-electron chi connectivity index (χ3n) is 3.83. The summed E-state index contributed by atoms with van der Waals surface area (Å²) in [5.74, 6) is -1.12. The molecule has 1 saturated carbocycles. The van der Waals surface area contributed by atoms with E-state index in [4.69, 9.17) is 28.3 Å². The van der Waals surface area contributed by atoms with Crippen LogP contribution >= 0.6 is 23.2 Å². The van der Waals surface area contributed by atoms with Crippen molar-refractivity contribution in [2.45, 2.75) is 31.3 Å². The number of aliphatic carboxylic acids is 1. The molecule has 0 radical (unpaired) electrons. The van der Waals surface area contributed by atoms with Gasteiger partial charge in [-0.15, -0.1) is 0 Å². The van der Waals surface area contributed by atoms with Gasteiger partial charge in [0.05, 0.1) is 27.3 Å². The van der Waals surface area contributed by atoms with Gasteiger partial charge in [0.25, 0.3) is 0 Å². The van der Waals surface area contributed by atoms with Gasteiger partial charge < -0.3 is 15.5 Å². The molecule has 1 aliphatic carbocycles. The molecule has 0 unspecified atom stereocenters. The molecular formula is C14H17Cl2NO3. The lowest BCUT2D eigenvalue weighted by atomic mass is 9.79. The van der Waals surface area contributed by atoms with E-state index in [1.54, 1.807) is 18.2 Å². The molecule has 4 nitrogen and oxygen atoms in total. The Labute approximate surface area is 127 Å². The van der Waals surface area contributed by atoms with Crippen LogP contribution < -0.4 is 5.32 Å². The van der Waals surface area contributed by atoms with E-state index in [2.05, 4.69) is 5.32 Å². The third kappa shape index (κ3) is 3.57. The van der Waals surface area contributed by atoms with Crippen molar-refractivity contribution in [2.75, 3.05) is 11.9 Å². The van der Waals surface area contributed by atoms with Crippen LogP contribution in [0.2, 0.25) is 10.0 Å². The number of nitrogens with one attached hydrogen (secondary N) is 1. The Bertz CT molecular complexity index is 499. The number of halogens is 2. The molecule has 0 aromatic heterocycles. The number of hydrogen-bond acceptors (Lipinski definition) is 3. The van der Waals surface area contributed by atoms with Crippen molar-refractivity contribution < 1.29 is 15.0 Å². The topological polar surface area (TPSA) is 69.6 Å². The highest BCUT2D eigenvalue weighted by Crippen LogP contribution is 2.34. The monoisotopic (exact) mass is 317 g/mol. The summed E-state index contributed by atoms with van der Waals surface area (Å²) in [5.41, 5.74) is -0.217. The molecule has 0 bridgehead atoms. The van der Waals surface area contributed by atoms with Crippen molar-refractivity contribution >= 4 is 34.9 Å². The van der Waals surface area contributed by atoms with E-state index in [-0.39, 0.29) is 5.92 Å². The van der Waals surface area contributed by atoms with Crippen LogP contribution in [0, 0.1) is 5.92 Å². The van der Waals surface area contributed by atoms with E-state index in [9.17, 15) is 9.90 Å². The van der Waals surface area contributed by atoms with E-state index in [1.165, 1.54) is 0 Å². The van der Waals surface area contributed by atoms with Crippen LogP contribution in [0.1, 0.15) is 25.7 Å². The van der Waals surface area contributed by atoms with Crippen LogP contribution in [0.4, 0.5) is 5.69 Å². The van der Waals surface area contributed by atoms with Gasteiger partial charge in [0.2, 0.25) is 0 Å². The van der Waals surface area contributed by atoms with Crippen LogP contribution in [-0.2, 0) is 4.79 Å².